The third-order valence-electron chi connectivity index (χ3n) is 5.28. The van der Waals surface area contributed by atoms with Crippen molar-refractivity contribution in [2.75, 3.05) is 64.8 Å². The van der Waals surface area contributed by atoms with Crippen LogP contribution in [0.3, 0.4) is 0 Å². The van der Waals surface area contributed by atoms with E-state index in [-0.39, 0.29) is 0 Å². The van der Waals surface area contributed by atoms with Crippen LogP contribution in [0.1, 0.15) is 19.3 Å². The number of guanidine groups is 1. The van der Waals surface area contributed by atoms with Crippen molar-refractivity contribution in [3.05, 3.63) is 17.5 Å². The SMILES string of the molecule is CN=C(NCCC1CCN(C)CC1)N1CCN(c2cccs2)CC1. The largest absolute Gasteiger partial charge is 0.360 e. The van der Waals surface area contributed by atoms with Crippen LogP contribution in [0.25, 0.3) is 0 Å². The second-order valence-electron chi connectivity index (χ2n) is 6.93. The summed E-state index contributed by atoms with van der Waals surface area (Å²) in [5, 5.41) is 7.14. The predicted molar refractivity (Wildman–Crippen MR) is 104 cm³/mol. The summed E-state index contributed by atoms with van der Waals surface area (Å²) in [5.41, 5.74) is 0. The van der Waals surface area contributed by atoms with Crippen LogP contribution in [0.5, 0.6) is 0 Å². The van der Waals surface area contributed by atoms with Gasteiger partial charge in [0, 0.05) is 39.8 Å². The molecule has 2 aliphatic rings. The molecule has 1 N–H and O–H groups in total. The van der Waals surface area contributed by atoms with Gasteiger partial charge in [0.25, 0.3) is 0 Å². The second-order valence-corrected chi connectivity index (χ2v) is 7.86. The Morgan fingerprint density at radius 1 is 1.21 bits per heavy atom. The number of likely N-dealkylation sites (tertiary alicyclic amines) is 1. The minimum Gasteiger partial charge on any atom is -0.360 e. The van der Waals surface area contributed by atoms with Crippen molar-refractivity contribution in [3.63, 3.8) is 0 Å². The third-order valence-corrected chi connectivity index (χ3v) is 6.21. The van der Waals surface area contributed by atoms with Crippen molar-refractivity contribution in [2.45, 2.75) is 19.3 Å². The number of thiophene rings is 1. The van der Waals surface area contributed by atoms with Gasteiger partial charge in [0.15, 0.2) is 5.96 Å². The van der Waals surface area contributed by atoms with E-state index in [9.17, 15) is 0 Å². The van der Waals surface area contributed by atoms with E-state index in [1.54, 1.807) is 0 Å². The molecule has 5 nitrogen and oxygen atoms in total. The number of nitrogens with zero attached hydrogens (tertiary/aromatic N) is 4. The molecule has 1 aromatic rings. The maximum absolute atomic E-state index is 4.50. The van der Waals surface area contributed by atoms with Crippen LogP contribution in [0.4, 0.5) is 5.00 Å². The number of anilines is 1. The summed E-state index contributed by atoms with van der Waals surface area (Å²) in [6.07, 6.45) is 3.95. The predicted octanol–water partition coefficient (Wildman–Crippen LogP) is 2.18. The lowest BCUT2D eigenvalue weighted by molar-refractivity contribution is 0.212. The van der Waals surface area contributed by atoms with Crippen LogP contribution < -0.4 is 10.2 Å². The van der Waals surface area contributed by atoms with Crippen LogP contribution in [0.2, 0.25) is 0 Å². The van der Waals surface area contributed by atoms with E-state index >= 15 is 0 Å². The van der Waals surface area contributed by atoms with E-state index in [0.717, 1.165) is 44.6 Å². The van der Waals surface area contributed by atoms with Gasteiger partial charge in [0.1, 0.15) is 0 Å². The summed E-state index contributed by atoms with van der Waals surface area (Å²) in [4.78, 5) is 11.8. The van der Waals surface area contributed by atoms with Crippen LogP contribution in [0, 0.1) is 5.92 Å². The smallest absolute Gasteiger partial charge is 0.193 e. The first-order chi connectivity index (χ1) is 11.8. The van der Waals surface area contributed by atoms with Gasteiger partial charge in [-0.15, -0.1) is 11.3 Å². The zero-order chi connectivity index (χ0) is 16.8. The number of piperazine rings is 1. The third kappa shape index (κ3) is 4.63. The fourth-order valence-corrected chi connectivity index (χ4v) is 4.44. The fourth-order valence-electron chi connectivity index (χ4n) is 3.66. The zero-order valence-corrected chi connectivity index (χ0v) is 15.9. The summed E-state index contributed by atoms with van der Waals surface area (Å²) in [5.74, 6) is 1.95. The van der Waals surface area contributed by atoms with Crippen molar-refractivity contribution >= 4 is 22.3 Å². The molecule has 0 spiro atoms. The van der Waals surface area contributed by atoms with Crippen molar-refractivity contribution in [3.8, 4) is 0 Å². The van der Waals surface area contributed by atoms with E-state index < -0.39 is 0 Å². The average Bonchev–Trinajstić information content (AvgIpc) is 3.15. The van der Waals surface area contributed by atoms with Gasteiger partial charge in [-0.2, -0.15) is 0 Å². The zero-order valence-electron chi connectivity index (χ0n) is 15.1. The maximum Gasteiger partial charge on any atom is 0.193 e. The molecule has 3 heterocycles. The Hall–Kier alpha value is -1.27. The van der Waals surface area contributed by atoms with E-state index in [1.807, 2.05) is 18.4 Å². The number of nitrogens with one attached hydrogen (secondary N) is 1. The van der Waals surface area contributed by atoms with Gasteiger partial charge in [-0.3, -0.25) is 4.99 Å². The van der Waals surface area contributed by atoms with Crippen LogP contribution in [0.15, 0.2) is 22.5 Å². The van der Waals surface area contributed by atoms with Gasteiger partial charge >= 0.3 is 0 Å². The molecule has 0 unspecified atom stereocenters. The van der Waals surface area contributed by atoms with Crippen LogP contribution >= 0.6 is 11.3 Å². The Morgan fingerprint density at radius 2 is 1.96 bits per heavy atom. The molecule has 0 amide bonds. The first-order valence-corrected chi connectivity index (χ1v) is 10.1. The molecule has 0 aromatic carbocycles. The van der Waals surface area contributed by atoms with Gasteiger partial charge < -0.3 is 20.0 Å². The highest BCUT2D eigenvalue weighted by Crippen LogP contribution is 2.22. The topological polar surface area (TPSA) is 34.1 Å². The monoisotopic (exact) mass is 349 g/mol. The Kier molecular flexibility index (Phi) is 6.37. The average molecular weight is 350 g/mol. The lowest BCUT2D eigenvalue weighted by Gasteiger charge is -2.37. The first kappa shape index (κ1) is 17.5. The van der Waals surface area contributed by atoms with Gasteiger partial charge in [-0.25, -0.2) is 0 Å². The molecule has 24 heavy (non-hydrogen) atoms. The summed E-state index contributed by atoms with van der Waals surface area (Å²) in [6, 6.07) is 4.35. The number of piperidine rings is 1. The molecule has 3 rings (SSSR count). The lowest BCUT2D eigenvalue weighted by Crippen LogP contribution is -2.52. The summed E-state index contributed by atoms with van der Waals surface area (Å²) < 4.78 is 0. The highest BCUT2D eigenvalue weighted by atomic mass is 32.1. The standard InChI is InChI=1S/C18H31N5S/c1-19-18(20-8-5-16-6-9-21(2)10-7-16)23-13-11-22(12-14-23)17-4-3-15-24-17/h3-4,15-16H,5-14H2,1-2H3,(H,19,20). The molecule has 134 valence electrons. The number of aliphatic imine (C=N–C) groups is 1. The maximum atomic E-state index is 4.50. The van der Waals surface area contributed by atoms with E-state index in [2.05, 4.69) is 49.6 Å². The second kappa shape index (κ2) is 8.72. The van der Waals surface area contributed by atoms with Crippen molar-refractivity contribution in [2.24, 2.45) is 10.9 Å². The molecule has 0 aliphatic carbocycles. The molecular weight excluding hydrogens is 318 g/mol. The van der Waals surface area contributed by atoms with E-state index in [1.165, 1.54) is 37.4 Å². The van der Waals surface area contributed by atoms with Gasteiger partial charge in [-0.05, 0) is 62.8 Å². The molecule has 2 saturated heterocycles. The van der Waals surface area contributed by atoms with Crippen LogP contribution in [-0.2, 0) is 0 Å². The molecule has 0 atom stereocenters. The molecule has 0 radical (unpaired) electrons. The summed E-state index contributed by atoms with van der Waals surface area (Å²) in [7, 11) is 4.13. The summed E-state index contributed by atoms with van der Waals surface area (Å²) >= 11 is 1.83. The highest BCUT2D eigenvalue weighted by Gasteiger charge is 2.21. The van der Waals surface area contributed by atoms with Gasteiger partial charge in [-0.1, -0.05) is 0 Å². The minimum absolute atomic E-state index is 0.877. The lowest BCUT2D eigenvalue weighted by atomic mass is 9.94. The Morgan fingerprint density at radius 3 is 2.58 bits per heavy atom. The van der Waals surface area contributed by atoms with Gasteiger partial charge in [0.2, 0.25) is 0 Å². The number of rotatable bonds is 4. The molecule has 0 bridgehead atoms. The van der Waals surface area contributed by atoms with Gasteiger partial charge in [0.05, 0.1) is 5.00 Å². The molecular formula is C18H31N5S. The van der Waals surface area contributed by atoms with Crippen molar-refractivity contribution in [1.29, 1.82) is 0 Å². The Labute approximate surface area is 150 Å². The first-order valence-electron chi connectivity index (χ1n) is 9.19. The van der Waals surface area contributed by atoms with E-state index in [0.29, 0.717) is 0 Å². The van der Waals surface area contributed by atoms with E-state index in [4.69, 9.17) is 0 Å². The molecule has 6 heteroatoms. The van der Waals surface area contributed by atoms with Crippen molar-refractivity contribution < 1.29 is 0 Å². The molecule has 0 saturated carbocycles. The normalized spacial score (nSPS) is 21.3. The quantitative estimate of drug-likeness (QED) is 0.667. The van der Waals surface area contributed by atoms with Crippen LogP contribution in [-0.4, -0.2) is 75.7 Å². The number of hydrogen-bond acceptors (Lipinski definition) is 4. The summed E-state index contributed by atoms with van der Waals surface area (Å²) in [6.45, 7) is 7.81. The number of hydrogen-bond donors (Lipinski definition) is 1. The highest BCUT2D eigenvalue weighted by molar-refractivity contribution is 7.14. The van der Waals surface area contributed by atoms with Crippen molar-refractivity contribution in [1.82, 2.24) is 15.1 Å². The Balaban J connectivity index is 1.39. The minimum atomic E-state index is 0.877. The fraction of sp³-hybridized carbons (Fsp3) is 0.722. The molecule has 2 fully saturated rings. The molecule has 2 aliphatic heterocycles. The Bertz CT molecular complexity index is 499. The molecule has 1 aromatic heterocycles.